The lowest BCUT2D eigenvalue weighted by Crippen LogP contribution is -2.26. The Kier molecular flexibility index (Phi) is 5.29. The molecule has 3 N–H and O–H groups in total. The van der Waals surface area contributed by atoms with E-state index < -0.39 is 0 Å². The quantitative estimate of drug-likeness (QED) is 0.718. The molecule has 0 heterocycles. The number of nitrogens with one attached hydrogen (secondary N) is 1. The predicted molar refractivity (Wildman–Crippen MR) is 65.6 cm³/mol. The molecule has 1 rings (SSSR count). The second-order valence-electron chi connectivity index (χ2n) is 3.44. The molecule has 0 aliphatic heterocycles. The SMILES string of the molecule is COc1cccc(OC)c1C(=O)NCCCN. The largest absolute Gasteiger partial charge is 0.496 e. The molecule has 0 aliphatic carbocycles. The highest BCUT2D eigenvalue weighted by Crippen LogP contribution is 2.27. The van der Waals surface area contributed by atoms with Gasteiger partial charge < -0.3 is 20.5 Å². The molecule has 1 aromatic carbocycles. The van der Waals surface area contributed by atoms with Crippen molar-refractivity contribution in [2.24, 2.45) is 5.73 Å². The predicted octanol–water partition coefficient (Wildman–Crippen LogP) is 0.782. The van der Waals surface area contributed by atoms with Gasteiger partial charge in [0.15, 0.2) is 0 Å². The summed E-state index contributed by atoms with van der Waals surface area (Å²) < 4.78 is 10.3. The summed E-state index contributed by atoms with van der Waals surface area (Å²) in [6.45, 7) is 1.08. The van der Waals surface area contributed by atoms with Gasteiger partial charge in [-0.05, 0) is 25.1 Å². The van der Waals surface area contributed by atoms with Crippen molar-refractivity contribution in [2.75, 3.05) is 27.3 Å². The number of carbonyl (C=O) groups is 1. The van der Waals surface area contributed by atoms with E-state index >= 15 is 0 Å². The first kappa shape index (κ1) is 13.3. The molecular weight excluding hydrogens is 220 g/mol. The Hall–Kier alpha value is -1.75. The zero-order valence-electron chi connectivity index (χ0n) is 10.2. The van der Waals surface area contributed by atoms with E-state index in [4.69, 9.17) is 15.2 Å². The molecule has 0 fully saturated rings. The Morgan fingerprint density at radius 2 is 1.88 bits per heavy atom. The van der Waals surface area contributed by atoms with Gasteiger partial charge >= 0.3 is 0 Å². The first-order valence-corrected chi connectivity index (χ1v) is 5.43. The molecule has 0 unspecified atom stereocenters. The lowest BCUT2D eigenvalue weighted by atomic mass is 10.1. The Morgan fingerprint density at radius 3 is 2.35 bits per heavy atom. The summed E-state index contributed by atoms with van der Waals surface area (Å²) >= 11 is 0. The number of hydrogen-bond donors (Lipinski definition) is 2. The molecule has 0 radical (unpaired) electrons. The highest BCUT2D eigenvalue weighted by molar-refractivity contribution is 5.99. The minimum Gasteiger partial charge on any atom is -0.496 e. The van der Waals surface area contributed by atoms with Crippen LogP contribution in [-0.2, 0) is 0 Å². The molecule has 0 saturated heterocycles. The van der Waals surface area contributed by atoms with E-state index in [2.05, 4.69) is 5.32 Å². The van der Waals surface area contributed by atoms with Crippen molar-refractivity contribution in [1.29, 1.82) is 0 Å². The molecule has 0 spiro atoms. The average Bonchev–Trinajstić information content (AvgIpc) is 2.37. The molecule has 1 amide bonds. The summed E-state index contributed by atoms with van der Waals surface area (Å²) in [7, 11) is 3.04. The van der Waals surface area contributed by atoms with E-state index in [1.165, 1.54) is 14.2 Å². The van der Waals surface area contributed by atoms with Gasteiger partial charge in [0, 0.05) is 6.54 Å². The number of ether oxygens (including phenoxy) is 2. The molecule has 0 aromatic heterocycles. The first-order valence-electron chi connectivity index (χ1n) is 5.43. The number of benzene rings is 1. The summed E-state index contributed by atoms with van der Waals surface area (Å²) in [4.78, 5) is 12.0. The van der Waals surface area contributed by atoms with Crippen LogP contribution in [0.3, 0.4) is 0 Å². The maximum atomic E-state index is 12.0. The lowest BCUT2D eigenvalue weighted by molar-refractivity contribution is 0.0947. The minimum absolute atomic E-state index is 0.215. The van der Waals surface area contributed by atoms with Crippen molar-refractivity contribution >= 4 is 5.91 Å². The standard InChI is InChI=1S/C12H18N2O3/c1-16-9-5-3-6-10(17-2)11(9)12(15)14-8-4-7-13/h3,5-6H,4,7-8,13H2,1-2H3,(H,14,15). The van der Waals surface area contributed by atoms with Gasteiger partial charge in [-0.25, -0.2) is 0 Å². The third kappa shape index (κ3) is 3.35. The monoisotopic (exact) mass is 238 g/mol. The second kappa shape index (κ2) is 6.75. The topological polar surface area (TPSA) is 73.6 Å². The molecule has 17 heavy (non-hydrogen) atoms. The number of carbonyl (C=O) groups excluding carboxylic acids is 1. The van der Waals surface area contributed by atoms with Gasteiger partial charge in [-0.15, -0.1) is 0 Å². The number of amides is 1. The normalized spacial score (nSPS) is 9.82. The zero-order valence-corrected chi connectivity index (χ0v) is 10.2. The zero-order chi connectivity index (χ0) is 12.7. The van der Waals surface area contributed by atoms with Crippen LogP contribution in [0.1, 0.15) is 16.8 Å². The van der Waals surface area contributed by atoms with Crippen LogP contribution in [0.25, 0.3) is 0 Å². The fourth-order valence-electron chi connectivity index (χ4n) is 1.47. The van der Waals surface area contributed by atoms with Crippen LogP contribution in [0, 0.1) is 0 Å². The van der Waals surface area contributed by atoms with Crippen LogP contribution in [0.4, 0.5) is 0 Å². The minimum atomic E-state index is -0.215. The van der Waals surface area contributed by atoms with E-state index in [0.717, 1.165) is 6.42 Å². The van der Waals surface area contributed by atoms with Crippen molar-refractivity contribution in [1.82, 2.24) is 5.32 Å². The fraction of sp³-hybridized carbons (Fsp3) is 0.417. The van der Waals surface area contributed by atoms with Gasteiger partial charge in [0.05, 0.1) is 14.2 Å². The number of rotatable bonds is 6. The molecule has 0 bridgehead atoms. The van der Waals surface area contributed by atoms with Crippen LogP contribution < -0.4 is 20.5 Å². The number of hydrogen-bond acceptors (Lipinski definition) is 4. The molecule has 1 aromatic rings. The van der Waals surface area contributed by atoms with E-state index in [9.17, 15) is 4.79 Å². The Labute approximate surface area is 101 Å². The second-order valence-corrected chi connectivity index (χ2v) is 3.44. The maximum Gasteiger partial charge on any atom is 0.258 e. The molecule has 0 atom stereocenters. The molecule has 5 nitrogen and oxygen atoms in total. The number of methoxy groups -OCH3 is 2. The van der Waals surface area contributed by atoms with Crippen LogP contribution in [0.5, 0.6) is 11.5 Å². The summed E-state index contributed by atoms with van der Waals surface area (Å²) in [6, 6.07) is 5.22. The van der Waals surface area contributed by atoms with E-state index in [0.29, 0.717) is 30.2 Å². The Balaban J connectivity index is 2.89. The van der Waals surface area contributed by atoms with Crippen molar-refractivity contribution in [3.8, 4) is 11.5 Å². The van der Waals surface area contributed by atoms with Crippen LogP contribution >= 0.6 is 0 Å². The third-order valence-electron chi connectivity index (χ3n) is 2.32. The molecular formula is C12H18N2O3. The van der Waals surface area contributed by atoms with Gasteiger partial charge in [0.1, 0.15) is 17.1 Å². The van der Waals surface area contributed by atoms with Crippen molar-refractivity contribution in [3.63, 3.8) is 0 Å². The highest BCUT2D eigenvalue weighted by Gasteiger charge is 2.17. The third-order valence-corrected chi connectivity index (χ3v) is 2.32. The average molecular weight is 238 g/mol. The molecule has 5 heteroatoms. The molecule has 0 aliphatic rings. The Morgan fingerprint density at radius 1 is 1.29 bits per heavy atom. The smallest absolute Gasteiger partial charge is 0.258 e. The van der Waals surface area contributed by atoms with Gasteiger partial charge in [-0.1, -0.05) is 6.07 Å². The van der Waals surface area contributed by atoms with E-state index in [1.807, 2.05) is 0 Å². The summed E-state index contributed by atoms with van der Waals surface area (Å²) in [5.74, 6) is 0.775. The fourth-order valence-corrected chi connectivity index (χ4v) is 1.47. The van der Waals surface area contributed by atoms with Crippen molar-refractivity contribution in [3.05, 3.63) is 23.8 Å². The van der Waals surface area contributed by atoms with Crippen LogP contribution in [0.15, 0.2) is 18.2 Å². The van der Waals surface area contributed by atoms with Gasteiger partial charge in [0.2, 0.25) is 0 Å². The maximum absolute atomic E-state index is 12.0. The number of nitrogens with two attached hydrogens (primary N) is 1. The molecule has 0 saturated carbocycles. The summed E-state index contributed by atoms with van der Waals surface area (Å²) in [6.07, 6.45) is 0.739. The van der Waals surface area contributed by atoms with Gasteiger partial charge in [0.25, 0.3) is 5.91 Å². The van der Waals surface area contributed by atoms with Crippen molar-refractivity contribution in [2.45, 2.75) is 6.42 Å². The first-order chi connectivity index (χ1) is 8.24. The van der Waals surface area contributed by atoms with Gasteiger partial charge in [-0.3, -0.25) is 4.79 Å². The van der Waals surface area contributed by atoms with Gasteiger partial charge in [-0.2, -0.15) is 0 Å². The lowest BCUT2D eigenvalue weighted by Gasteiger charge is -2.12. The van der Waals surface area contributed by atoms with Crippen molar-refractivity contribution < 1.29 is 14.3 Å². The van der Waals surface area contributed by atoms with Crippen LogP contribution in [-0.4, -0.2) is 33.2 Å². The van der Waals surface area contributed by atoms with E-state index in [1.54, 1.807) is 18.2 Å². The highest BCUT2D eigenvalue weighted by atomic mass is 16.5. The van der Waals surface area contributed by atoms with E-state index in [-0.39, 0.29) is 5.91 Å². The molecule has 94 valence electrons. The van der Waals surface area contributed by atoms with Crippen LogP contribution in [0.2, 0.25) is 0 Å². The summed E-state index contributed by atoms with van der Waals surface area (Å²) in [5, 5.41) is 2.77. The summed E-state index contributed by atoms with van der Waals surface area (Å²) in [5.41, 5.74) is 5.78. The Bertz CT molecular complexity index is 358.